The lowest BCUT2D eigenvalue weighted by molar-refractivity contribution is -0.00555. The minimum atomic E-state index is -0.0286. The first-order chi connectivity index (χ1) is 12.2. The molecule has 0 amide bonds. The molecule has 144 valence electrons. The zero-order valence-corrected chi connectivity index (χ0v) is 16.1. The second kappa shape index (κ2) is 8.30. The van der Waals surface area contributed by atoms with Gasteiger partial charge in [-0.1, -0.05) is 25.7 Å². The summed E-state index contributed by atoms with van der Waals surface area (Å²) in [5.41, 5.74) is 0. The maximum Gasteiger partial charge on any atom is 0.0540 e. The van der Waals surface area contributed by atoms with Crippen molar-refractivity contribution in [3.63, 3.8) is 0 Å². The molecule has 0 spiro atoms. The summed E-state index contributed by atoms with van der Waals surface area (Å²) in [6.07, 6.45) is 19.6. The predicted octanol–water partition coefficient (Wildman–Crippen LogP) is 5.31. The van der Waals surface area contributed by atoms with Gasteiger partial charge >= 0.3 is 0 Å². The molecule has 4 fully saturated rings. The second-order valence-electron chi connectivity index (χ2n) is 10.1. The molecule has 4 saturated carbocycles. The van der Waals surface area contributed by atoms with E-state index < -0.39 is 0 Å². The monoisotopic (exact) mass is 348 g/mol. The smallest absolute Gasteiger partial charge is 0.0540 e. The van der Waals surface area contributed by atoms with Gasteiger partial charge in [-0.15, -0.1) is 0 Å². The van der Waals surface area contributed by atoms with Crippen LogP contribution >= 0.6 is 0 Å². The van der Waals surface area contributed by atoms with E-state index in [1.165, 1.54) is 70.6 Å². The second-order valence-corrected chi connectivity index (χ2v) is 10.1. The van der Waals surface area contributed by atoms with Gasteiger partial charge in [0.15, 0.2) is 0 Å². The van der Waals surface area contributed by atoms with Crippen molar-refractivity contribution in [2.45, 2.75) is 109 Å². The van der Waals surface area contributed by atoms with Crippen LogP contribution in [0.5, 0.6) is 0 Å². The Labute approximate surface area is 154 Å². The highest BCUT2D eigenvalue weighted by Crippen LogP contribution is 2.51. The van der Waals surface area contributed by atoms with E-state index in [9.17, 15) is 10.2 Å². The van der Waals surface area contributed by atoms with Gasteiger partial charge in [0.2, 0.25) is 0 Å². The highest BCUT2D eigenvalue weighted by molar-refractivity contribution is 4.93. The maximum atomic E-state index is 9.99. The molecule has 4 aliphatic carbocycles. The van der Waals surface area contributed by atoms with Crippen molar-refractivity contribution in [3.05, 3.63) is 0 Å². The SMILES string of the molecule is OC1CCC(C(C2CCC(O)CC2)C2CCC3CCCCC3C2)CC1. The summed E-state index contributed by atoms with van der Waals surface area (Å²) in [6.45, 7) is 0. The Morgan fingerprint density at radius 2 is 0.960 bits per heavy atom. The van der Waals surface area contributed by atoms with Crippen LogP contribution in [0.3, 0.4) is 0 Å². The molecule has 0 saturated heterocycles. The molecular weight excluding hydrogens is 308 g/mol. The molecule has 0 aromatic rings. The molecule has 3 atom stereocenters. The van der Waals surface area contributed by atoms with E-state index in [0.717, 1.165) is 61.2 Å². The van der Waals surface area contributed by atoms with Crippen molar-refractivity contribution in [1.29, 1.82) is 0 Å². The third-order valence-corrected chi connectivity index (χ3v) is 8.70. The van der Waals surface area contributed by atoms with E-state index in [4.69, 9.17) is 0 Å². The number of rotatable bonds is 3. The summed E-state index contributed by atoms with van der Waals surface area (Å²) in [5.74, 6) is 5.62. The fraction of sp³-hybridized carbons (Fsp3) is 1.00. The number of fused-ring (bicyclic) bond motifs is 1. The van der Waals surface area contributed by atoms with Crippen LogP contribution in [0.1, 0.15) is 96.3 Å². The molecule has 0 aromatic heterocycles. The van der Waals surface area contributed by atoms with Crippen molar-refractivity contribution in [2.24, 2.45) is 35.5 Å². The summed E-state index contributed by atoms with van der Waals surface area (Å²) < 4.78 is 0. The Hall–Kier alpha value is -0.0800. The Bertz CT molecular complexity index is 384. The van der Waals surface area contributed by atoms with Gasteiger partial charge in [0.25, 0.3) is 0 Å². The van der Waals surface area contributed by atoms with Gasteiger partial charge in [0, 0.05) is 0 Å². The highest BCUT2D eigenvalue weighted by Gasteiger charge is 2.42. The van der Waals surface area contributed by atoms with Crippen LogP contribution < -0.4 is 0 Å². The van der Waals surface area contributed by atoms with Gasteiger partial charge in [-0.05, 0) is 106 Å². The molecule has 3 unspecified atom stereocenters. The standard InChI is InChI=1S/C23H40O2/c24-21-11-7-17(8-12-21)23(18-9-13-22(25)14-10-18)20-6-5-16-3-1-2-4-19(16)15-20/h16-25H,1-15H2. The Balaban J connectivity index is 1.46. The van der Waals surface area contributed by atoms with Gasteiger partial charge < -0.3 is 10.2 Å². The third kappa shape index (κ3) is 4.26. The zero-order chi connectivity index (χ0) is 17.2. The van der Waals surface area contributed by atoms with Crippen LogP contribution in [0.25, 0.3) is 0 Å². The van der Waals surface area contributed by atoms with E-state index >= 15 is 0 Å². The van der Waals surface area contributed by atoms with Gasteiger partial charge in [-0.3, -0.25) is 0 Å². The van der Waals surface area contributed by atoms with E-state index in [-0.39, 0.29) is 12.2 Å². The van der Waals surface area contributed by atoms with E-state index in [2.05, 4.69) is 0 Å². The van der Waals surface area contributed by atoms with Gasteiger partial charge in [-0.2, -0.15) is 0 Å². The molecule has 0 heterocycles. The fourth-order valence-corrected chi connectivity index (χ4v) is 7.39. The molecule has 2 nitrogen and oxygen atoms in total. The molecule has 2 N–H and O–H groups in total. The first-order valence-corrected chi connectivity index (χ1v) is 11.6. The van der Waals surface area contributed by atoms with Gasteiger partial charge in [0.1, 0.15) is 0 Å². The van der Waals surface area contributed by atoms with Crippen molar-refractivity contribution in [3.8, 4) is 0 Å². The topological polar surface area (TPSA) is 40.5 Å². The molecule has 2 heteroatoms. The lowest BCUT2D eigenvalue weighted by Crippen LogP contribution is -2.40. The molecule has 25 heavy (non-hydrogen) atoms. The molecule has 0 aromatic carbocycles. The minimum absolute atomic E-state index is 0.0286. The number of hydrogen-bond acceptors (Lipinski definition) is 2. The van der Waals surface area contributed by atoms with Crippen molar-refractivity contribution < 1.29 is 10.2 Å². The van der Waals surface area contributed by atoms with Gasteiger partial charge in [-0.25, -0.2) is 0 Å². The first kappa shape index (κ1) is 18.3. The highest BCUT2D eigenvalue weighted by atomic mass is 16.3. The third-order valence-electron chi connectivity index (χ3n) is 8.70. The Morgan fingerprint density at radius 3 is 1.52 bits per heavy atom. The van der Waals surface area contributed by atoms with Crippen LogP contribution in [0.2, 0.25) is 0 Å². The Kier molecular flexibility index (Phi) is 6.07. The van der Waals surface area contributed by atoms with Crippen molar-refractivity contribution in [1.82, 2.24) is 0 Å². The number of hydrogen-bond donors (Lipinski definition) is 2. The number of aliphatic hydroxyl groups is 2. The molecular formula is C23H40O2. The summed E-state index contributed by atoms with van der Waals surface area (Å²) in [4.78, 5) is 0. The normalized spacial score (nSPS) is 47.0. The van der Waals surface area contributed by atoms with E-state index in [1.54, 1.807) is 0 Å². The molecule has 0 bridgehead atoms. The van der Waals surface area contributed by atoms with Crippen LogP contribution in [0, 0.1) is 35.5 Å². The molecule has 0 aliphatic heterocycles. The Morgan fingerprint density at radius 1 is 0.480 bits per heavy atom. The fourth-order valence-electron chi connectivity index (χ4n) is 7.39. The van der Waals surface area contributed by atoms with Crippen LogP contribution in [0.4, 0.5) is 0 Å². The maximum absolute atomic E-state index is 9.99. The average molecular weight is 349 g/mol. The summed E-state index contributed by atoms with van der Waals surface area (Å²) in [6, 6.07) is 0. The average Bonchev–Trinajstić information content (AvgIpc) is 2.65. The molecule has 4 aliphatic rings. The minimum Gasteiger partial charge on any atom is -0.393 e. The van der Waals surface area contributed by atoms with Gasteiger partial charge in [0.05, 0.1) is 12.2 Å². The summed E-state index contributed by atoms with van der Waals surface area (Å²) in [7, 11) is 0. The first-order valence-electron chi connectivity index (χ1n) is 11.6. The summed E-state index contributed by atoms with van der Waals surface area (Å²) >= 11 is 0. The molecule has 4 rings (SSSR count). The van der Waals surface area contributed by atoms with E-state index in [0.29, 0.717) is 0 Å². The molecule has 0 radical (unpaired) electrons. The lowest BCUT2D eigenvalue weighted by atomic mass is 9.57. The van der Waals surface area contributed by atoms with Crippen molar-refractivity contribution in [2.75, 3.05) is 0 Å². The van der Waals surface area contributed by atoms with Crippen LogP contribution in [0.15, 0.2) is 0 Å². The zero-order valence-electron chi connectivity index (χ0n) is 16.1. The quantitative estimate of drug-likeness (QED) is 0.725. The van der Waals surface area contributed by atoms with Crippen LogP contribution in [-0.4, -0.2) is 22.4 Å². The van der Waals surface area contributed by atoms with E-state index in [1.807, 2.05) is 0 Å². The number of aliphatic hydroxyl groups excluding tert-OH is 2. The predicted molar refractivity (Wildman–Crippen MR) is 102 cm³/mol. The van der Waals surface area contributed by atoms with Crippen LogP contribution in [-0.2, 0) is 0 Å². The summed E-state index contributed by atoms with van der Waals surface area (Å²) in [5, 5.41) is 20.0. The van der Waals surface area contributed by atoms with Crippen molar-refractivity contribution >= 4 is 0 Å². The largest absolute Gasteiger partial charge is 0.393 e. The lowest BCUT2D eigenvalue weighted by Gasteiger charge is -2.48.